The molecule has 5 nitrogen and oxygen atoms in total. The number of nitrogens with zero attached hydrogens (tertiary/aromatic N) is 1. The van der Waals surface area contributed by atoms with Crippen molar-refractivity contribution in [3.05, 3.63) is 48.0 Å². The van der Waals surface area contributed by atoms with Crippen molar-refractivity contribution in [2.75, 3.05) is 16.6 Å². The summed E-state index contributed by atoms with van der Waals surface area (Å²) in [6, 6.07) is 11.1. The van der Waals surface area contributed by atoms with Crippen LogP contribution in [0.25, 0.3) is 0 Å². The Kier molecular flexibility index (Phi) is 4.09. The fourth-order valence-corrected chi connectivity index (χ4v) is 4.07. The smallest absolute Gasteiger partial charge is 0.266 e. The van der Waals surface area contributed by atoms with E-state index in [0.29, 0.717) is 11.3 Å². The topological polar surface area (TPSA) is 83.6 Å². The third-order valence-corrected chi connectivity index (χ3v) is 5.32. The maximum Gasteiger partial charge on any atom is 0.266 e. The largest absolute Gasteiger partial charge is 0.508 e. The number of sulfonamides is 1. The highest BCUT2D eigenvalue weighted by Gasteiger charge is 2.27. The summed E-state index contributed by atoms with van der Waals surface area (Å²) in [5.41, 5.74) is 7.06. The van der Waals surface area contributed by atoms with Crippen LogP contribution in [-0.4, -0.2) is 20.1 Å². The minimum atomic E-state index is -3.79. The lowest BCUT2D eigenvalue weighted by Gasteiger charge is -2.24. The highest BCUT2D eigenvalue weighted by atomic mass is 32.2. The Morgan fingerprint density at radius 1 is 1.19 bits per heavy atom. The lowest BCUT2D eigenvalue weighted by atomic mass is 10.2. The van der Waals surface area contributed by atoms with E-state index in [1.807, 2.05) is 0 Å². The molecule has 0 radical (unpaired) electrons. The van der Waals surface area contributed by atoms with Crippen LogP contribution in [0.2, 0.25) is 0 Å². The average Bonchev–Trinajstić information content (AvgIpc) is 2.38. The molecule has 0 atom stereocenters. The quantitative estimate of drug-likeness (QED) is 0.850. The fraction of sp³-hybridized carbons (Fsp3) is 0.200. The molecule has 0 spiro atoms. The molecule has 0 aliphatic heterocycles. The molecule has 2 rings (SSSR count). The van der Waals surface area contributed by atoms with Gasteiger partial charge in [0.05, 0.1) is 11.4 Å². The summed E-state index contributed by atoms with van der Waals surface area (Å²) in [6.45, 7) is 3.68. The molecular weight excluding hydrogens is 288 g/mol. The van der Waals surface area contributed by atoms with E-state index in [1.54, 1.807) is 44.2 Å². The van der Waals surface area contributed by atoms with E-state index in [1.165, 1.54) is 16.4 Å². The molecule has 3 N–H and O–H groups in total. The summed E-state index contributed by atoms with van der Waals surface area (Å²) in [5.74, 6) is 0.0129. The Bertz CT molecular complexity index is 737. The third-order valence-electron chi connectivity index (χ3n) is 3.20. The molecule has 0 aliphatic rings. The number of anilines is 2. The summed E-state index contributed by atoms with van der Waals surface area (Å²) >= 11 is 0. The number of aromatic hydroxyl groups is 1. The van der Waals surface area contributed by atoms with Gasteiger partial charge in [-0.15, -0.1) is 0 Å². The zero-order chi connectivity index (χ0) is 15.6. The molecule has 0 aliphatic carbocycles. The monoisotopic (exact) mass is 306 g/mol. The number of rotatable bonds is 4. The Morgan fingerprint density at radius 2 is 1.86 bits per heavy atom. The second-order valence-electron chi connectivity index (χ2n) is 4.68. The number of phenolic OH excluding ortho intramolecular Hbond substituents is 1. The highest BCUT2D eigenvalue weighted by Crippen LogP contribution is 2.30. The van der Waals surface area contributed by atoms with Crippen molar-refractivity contribution in [1.82, 2.24) is 0 Å². The van der Waals surface area contributed by atoms with Crippen molar-refractivity contribution in [3.8, 4) is 5.75 Å². The van der Waals surface area contributed by atoms with Crippen LogP contribution >= 0.6 is 0 Å². The van der Waals surface area contributed by atoms with Crippen molar-refractivity contribution in [2.24, 2.45) is 0 Å². The van der Waals surface area contributed by atoms with Crippen molar-refractivity contribution >= 4 is 21.4 Å². The molecule has 2 aromatic rings. The first-order valence-corrected chi connectivity index (χ1v) is 7.98. The number of hydrogen-bond acceptors (Lipinski definition) is 4. The molecule has 0 unspecified atom stereocenters. The number of phenols is 1. The summed E-state index contributed by atoms with van der Waals surface area (Å²) in [7, 11) is -3.79. The van der Waals surface area contributed by atoms with Crippen LogP contribution in [0.5, 0.6) is 5.75 Å². The predicted molar refractivity (Wildman–Crippen MR) is 83.9 cm³/mol. The Hall–Kier alpha value is -2.21. The molecular formula is C15H18N2O3S. The van der Waals surface area contributed by atoms with Crippen molar-refractivity contribution in [1.29, 1.82) is 0 Å². The van der Waals surface area contributed by atoms with E-state index in [2.05, 4.69) is 0 Å². The van der Waals surface area contributed by atoms with E-state index >= 15 is 0 Å². The van der Waals surface area contributed by atoms with Crippen molar-refractivity contribution < 1.29 is 13.5 Å². The highest BCUT2D eigenvalue weighted by molar-refractivity contribution is 7.93. The molecule has 0 bridgehead atoms. The first-order valence-electron chi connectivity index (χ1n) is 6.54. The standard InChI is InChI=1S/C15H18N2O3S/c1-3-17(12-7-5-8-13(18)10-12)21(19,20)15-11(2)6-4-9-14(15)16/h4-10,18H,3,16H2,1-2H3. The zero-order valence-corrected chi connectivity index (χ0v) is 12.8. The zero-order valence-electron chi connectivity index (χ0n) is 11.9. The molecule has 0 saturated carbocycles. The Labute approximate surface area is 124 Å². The first kappa shape index (κ1) is 15.2. The number of nitrogen functional groups attached to an aromatic ring is 1. The molecule has 112 valence electrons. The van der Waals surface area contributed by atoms with E-state index in [0.717, 1.165) is 0 Å². The second-order valence-corrected chi connectivity index (χ2v) is 6.48. The van der Waals surface area contributed by atoms with Crippen LogP contribution < -0.4 is 10.0 Å². The van der Waals surface area contributed by atoms with E-state index in [-0.39, 0.29) is 22.9 Å². The molecule has 0 heterocycles. The van der Waals surface area contributed by atoms with Gasteiger partial charge in [0.1, 0.15) is 10.6 Å². The second kappa shape index (κ2) is 5.65. The van der Waals surface area contributed by atoms with Gasteiger partial charge in [-0.3, -0.25) is 4.31 Å². The summed E-state index contributed by atoms with van der Waals surface area (Å²) < 4.78 is 27.0. The number of benzene rings is 2. The van der Waals surface area contributed by atoms with Crippen molar-refractivity contribution in [2.45, 2.75) is 18.7 Å². The van der Waals surface area contributed by atoms with Gasteiger partial charge < -0.3 is 10.8 Å². The number of nitrogens with two attached hydrogens (primary N) is 1. The van der Waals surface area contributed by atoms with Gasteiger partial charge >= 0.3 is 0 Å². The summed E-state index contributed by atoms with van der Waals surface area (Å²) in [4.78, 5) is 0.107. The molecule has 21 heavy (non-hydrogen) atoms. The molecule has 0 amide bonds. The number of aryl methyl sites for hydroxylation is 1. The van der Waals surface area contributed by atoms with Gasteiger partial charge in [0, 0.05) is 12.6 Å². The van der Waals surface area contributed by atoms with Gasteiger partial charge in [0.15, 0.2) is 0 Å². The maximum atomic E-state index is 12.9. The Morgan fingerprint density at radius 3 is 2.43 bits per heavy atom. The normalized spacial score (nSPS) is 11.3. The Balaban J connectivity index is 2.61. The van der Waals surface area contributed by atoms with Gasteiger partial charge in [-0.05, 0) is 37.6 Å². The van der Waals surface area contributed by atoms with Gasteiger partial charge in [-0.1, -0.05) is 18.2 Å². The van der Waals surface area contributed by atoms with Gasteiger partial charge in [-0.25, -0.2) is 8.42 Å². The third kappa shape index (κ3) is 2.80. The lowest BCUT2D eigenvalue weighted by molar-refractivity contribution is 0.475. The average molecular weight is 306 g/mol. The minimum Gasteiger partial charge on any atom is -0.508 e. The molecule has 0 aromatic heterocycles. The van der Waals surface area contributed by atoms with E-state index in [9.17, 15) is 13.5 Å². The van der Waals surface area contributed by atoms with E-state index < -0.39 is 10.0 Å². The lowest BCUT2D eigenvalue weighted by Crippen LogP contribution is -2.31. The van der Waals surface area contributed by atoms with Crippen LogP contribution in [0.3, 0.4) is 0 Å². The van der Waals surface area contributed by atoms with Crippen molar-refractivity contribution in [3.63, 3.8) is 0 Å². The van der Waals surface area contributed by atoms with Gasteiger partial charge in [-0.2, -0.15) is 0 Å². The van der Waals surface area contributed by atoms with Crippen LogP contribution in [0.15, 0.2) is 47.4 Å². The summed E-state index contributed by atoms with van der Waals surface area (Å²) in [5, 5.41) is 9.56. The van der Waals surface area contributed by atoms with Crippen LogP contribution in [-0.2, 0) is 10.0 Å². The van der Waals surface area contributed by atoms with Gasteiger partial charge in [0.25, 0.3) is 10.0 Å². The van der Waals surface area contributed by atoms with Crippen LogP contribution in [0.4, 0.5) is 11.4 Å². The molecule has 0 fully saturated rings. The molecule has 0 saturated heterocycles. The van der Waals surface area contributed by atoms with Crippen LogP contribution in [0.1, 0.15) is 12.5 Å². The molecule has 2 aromatic carbocycles. The maximum absolute atomic E-state index is 12.9. The summed E-state index contributed by atoms with van der Waals surface area (Å²) in [6.07, 6.45) is 0. The minimum absolute atomic E-state index is 0.0129. The first-order chi connectivity index (χ1) is 9.87. The van der Waals surface area contributed by atoms with Crippen LogP contribution in [0, 0.1) is 6.92 Å². The predicted octanol–water partition coefficient (Wildman–Crippen LogP) is 2.50. The number of hydrogen-bond donors (Lipinski definition) is 2. The molecule has 6 heteroatoms. The van der Waals surface area contributed by atoms with Gasteiger partial charge in [0.2, 0.25) is 0 Å². The van der Waals surface area contributed by atoms with E-state index in [4.69, 9.17) is 5.73 Å². The fourth-order valence-electron chi connectivity index (χ4n) is 2.28. The SMILES string of the molecule is CCN(c1cccc(O)c1)S(=O)(=O)c1c(C)cccc1N.